The van der Waals surface area contributed by atoms with Crippen LogP contribution in [0.4, 0.5) is 0 Å². The number of phenols is 1. The molecule has 5 nitrogen and oxygen atoms in total. The Morgan fingerprint density at radius 3 is 2.48 bits per heavy atom. The first kappa shape index (κ1) is 16.8. The van der Waals surface area contributed by atoms with E-state index in [9.17, 15) is 14.7 Å². The van der Waals surface area contributed by atoms with Crippen molar-refractivity contribution in [3.8, 4) is 5.75 Å². The minimum atomic E-state index is -0.664. The lowest BCUT2D eigenvalue weighted by Gasteiger charge is -2.19. The fourth-order valence-electron chi connectivity index (χ4n) is 2.15. The van der Waals surface area contributed by atoms with E-state index < -0.39 is 17.9 Å². The summed E-state index contributed by atoms with van der Waals surface area (Å²) < 4.78 is 4.67. The summed E-state index contributed by atoms with van der Waals surface area (Å²) in [4.78, 5) is 24.0. The zero-order chi connectivity index (χ0) is 16.8. The van der Waals surface area contributed by atoms with Gasteiger partial charge in [-0.2, -0.15) is 0 Å². The number of hydrogen-bond acceptors (Lipinski definition) is 4. The van der Waals surface area contributed by atoms with Crippen LogP contribution in [0.5, 0.6) is 5.75 Å². The summed E-state index contributed by atoms with van der Waals surface area (Å²) in [6.45, 7) is 0. The molecular weight excluding hydrogens is 318 g/mol. The van der Waals surface area contributed by atoms with Gasteiger partial charge in [0.15, 0.2) is 0 Å². The molecule has 0 aliphatic rings. The third-order valence-electron chi connectivity index (χ3n) is 3.33. The first-order valence-corrected chi connectivity index (χ1v) is 7.31. The van der Waals surface area contributed by atoms with Crippen molar-refractivity contribution in [3.63, 3.8) is 0 Å². The Morgan fingerprint density at radius 2 is 1.83 bits per heavy atom. The number of carbonyl (C=O) groups is 2. The standard InChI is InChI=1S/C17H16ClNO4/c1-23-16(21)10-14(11-6-2-4-8-13(11)18)19-17(22)12-7-3-5-9-15(12)20/h2-9,14,20H,10H2,1H3,(H,19,22). The number of benzene rings is 2. The number of esters is 1. The Morgan fingerprint density at radius 1 is 1.17 bits per heavy atom. The molecule has 0 aromatic heterocycles. The van der Waals surface area contributed by atoms with Crippen LogP contribution in [0.3, 0.4) is 0 Å². The lowest BCUT2D eigenvalue weighted by atomic mass is 10.0. The SMILES string of the molecule is COC(=O)CC(NC(=O)c1ccccc1O)c1ccccc1Cl. The molecule has 1 amide bonds. The lowest BCUT2D eigenvalue weighted by Crippen LogP contribution is -2.30. The second kappa shape index (κ2) is 7.65. The number of ether oxygens (including phenoxy) is 1. The van der Waals surface area contributed by atoms with E-state index in [1.807, 2.05) is 0 Å². The van der Waals surface area contributed by atoms with Gasteiger partial charge in [0.25, 0.3) is 5.91 Å². The molecule has 0 spiro atoms. The number of hydrogen-bond donors (Lipinski definition) is 2. The Kier molecular flexibility index (Phi) is 5.60. The van der Waals surface area contributed by atoms with Crippen LogP contribution in [0.15, 0.2) is 48.5 Å². The monoisotopic (exact) mass is 333 g/mol. The molecule has 0 fully saturated rings. The predicted molar refractivity (Wildman–Crippen MR) is 86.4 cm³/mol. The number of methoxy groups -OCH3 is 1. The molecule has 0 aliphatic heterocycles. The first-order chi connectivity index (χ1) is 11.0. The second-order valence-electron chi connectivity index (χ2n) is 4.84. The van der Waals surface area contributed by atoms with Crippen LogP contribution in [0, 0.1) is 0 Å². The molecule has 0 radical (unpaired) electrons. The van der Waals surface area contributed by atoms with Crippen LogP contribution in [-0.2, 0) is 9.53 Å². The Labute approximate surface area is 138 Å². The van der Waals surface area contributed by atoms with Gasteiger partial charge in [-0.25, -0.2) is 0 Å². The topological polar surface area (TPSA) is 75.6 Å². The van der Waals surface area contributed by atoms with Crippen molar-refractivity contribution < 1.29 is 19.4 Å². The number of aromatic hydroxyl groups is 1. The number of amides is 1. The van der Waals surface area contributed by atoms with Crippen LogP contribution in [-0.4, -0.2) is 24.1 Å². The highest BCUT2D eigenvalue weighted by Crippen LogP contribution is 2.26. The highest BCUT2D eigenvalue weighted by atomic mass is 35.5. The van der Waals surface area contributed by atoms with Gasteiger partial charge < -0.3 is 15.2 Å². The van der Waals surface area contributed by atoms with Crippen molar-refractivity contribution in [2.75, 3.05) is 7.11 Å². The number of halogens is 1. The van der Waals surface area contributed by atoms with Gasteiger partial charge in [-0.15, -0.1) is 0 Å². The van der Waals surface area contributed by atoms with E-state index >= 15 is 0 Å². The maximum Gasteiger partial charge on any atom is 0.307 e. The Balaban J connectivity index is 2.28. The van der Waals surface area contributed by atoms with Gasteiger partial charge in [0.1, 0.15) is 5.75 Å². The molecule has 2 N–H and O–H groups in total. The molecule has 0 bridgehead atoms. The van der Waals surface area contributed by atoms with Gasteiger partial charge in [0.2, 0.25) is 0 Å². The zero-order valence-corrected chi connectivity index (χ0v) is 13.2. The number of para-hydroxylation sites is 1. The minimum Gasteiger partial charge on any atom is -0.507 e. The van der Waals surface area contributed by atoms with Crippen LogP contribution < -0.4 is 5.32 Å². The summed E-state index contributed by atoms with van der Waals surface area (Å²) >= 11 is 6.15. The van der Waals surface area contributed by atoms with Crippen LogP contribution in [0.25, 0.3) is 0 Å². The third kappa shape index (κ3) is 4.23. The minimum absolute atomic E-state index is 0.0699. The third-order valence-corrected chi connectivity index (χ3v) is 3.68. The molecular formula is C17H16ClNO4. The Bertz CT molecular complexity index is 717. The Hall–Kier alpha value is -2.53. The highest BCUT2D eigenvalue weighted by Gasteiger charge is 2.22. The number of rotatable bonds is 5. The van der Waals surface area contributed by atoms with Crippen molar-refractivity contribution in [1.29, 1.82) is 0 Å². The van der Waals surface area contributed by atoms with E-state index in [4.69, 9.17) is 11.6 Å². The summed E-state index contributed by atoms with van der Waals surface area (Å²) in [6, 6.07) is 12.4. The summed E-state index contributed by atoms with van der Waals surface area (Å²) in [5.74, 6) is -1.12. The van der Waals surface area contributed by atoms with Crippen LogP contribution >= 0.6 is 11.6 Å². The molecule has 0 heterocycles. The lowest BCUT2D eigenvalue weighted by molar-refractivity contribution is -0.141. The predicted octanol–water partition coefficient (Wildman–Crippen LogP) is 3.08. The van der Waals surface area contributed by atoms with E-state index in [-0.39, 0.29) is 17.7 Å². The largest absolute Gasteiger partial charge is 0.507 e. The van der Waals surface area contributed by atoms with E-state index in [1.165, 1.54) is 19.2 Å². The molecule has 6 heteroatoms. The quantitative estimate of drug-likeness (QED) is 0.824. The zero-order valence-electron chi connectivity index (χ0n) is 12.5. The highest BCUT2D eigenvalue weighted by molar-refractivity contribution is 6.31. The van der Waals surface area contributed by atoms with Crippen molar-refractivity contribution in [3.05, 3.63) is 64.7 Å². The maximum absolute atomic E-state index is 12.4. The maximum atomic E-state index is 12.4. The fourth-order valence-corrected chi connectivity index (χ4v) is 2.42. The molecule has 0 aliphatic carbocycles. The molecule has 120 valence electrons. The molecule has 0 saturated carbocycles. The molecule has 0 saturated heterocycles. The van der Waals surface area contributed by atoms with Gasteiger partial charge in [0, 0.05) is 5.02 Å². The van der Waals surface area contributed by atoms with E-state index in [0.29, 0.717) is 10.6 Å². The summed E-state index contributed by atoms with van der Waals surface area (Å²) in [5, 5.41) is 12.9. The average molecular weight is 334 g/mol. The average Bonchev–Trinajstić information content (AvgIpc) is 2.55. The van der Waals surface area contributed by atoms with Crippen LogP contribution in [0.1, 0.15) is 28.4 Å². The van der Waals surface area contributed by atoms with E-state index in [0.717, 1.165) is 0 Å². The second-order valence-corrected chi connectivity index (χ2v) is 5.25. The van der Waals surface area contributed by atoms with Gasteiger partial charge in [-0.3, -0.25) is 9.59 Å². The van der Waals surface area contributed by atoms with Crippen molar-refractivity contribution in [2.24, 2.45) is 0 Å². The molecule has 1 atom stereocenters. The molecule has 2 aromatic rings. The molecule has 2 rings (SSSR count). The van der Waals surface area contributed by atoms with Gasteiger partial charge in [-0.1, -0.05) is 41.9 Å². The molecule has 1 unspecified atom stereocenters. The van der Waals surface area contributed by atoms with Gasteiger partial charge in [-0.05, 0) is 23.8 Å². The van der Waals surface area contributed by atoms with Gasteiger partial charge in [0.05, 0.1) is 25.1 Å². The first-order valence-electron chi connectivity index (χ1n) is 6.93. The summed E-state index contributed by atoms with van der Waals surface area (Å²) in [7, 11) is 1.27. The van der Waals surface area contributed by atoms with Crippen molar-refractivity contribution in [1.82, 2.24) is 5.32 Å². The van der Waals surface area contributed by atoms with Crippen molar-refractivity contribution >= 4 is 23.5 Å². The van der Waals surface area contributed by atoms with Crippen molar-refractivity contribution in [2.45, 2.75) is 12.5 Å². The number of nitrogens with one attached hydrogen (secondary N) is 1. The summed E-state index contributed by atoms with van der Waals surface area (Å²) in [5.41, 5.74) is 0.720. The smallest absolute Gasteiger partial charge is 0.307 e. The van der Waals surface area contributed by atoms with E-state index in [1.54, 1.807) is 36.4 Å². The van der Waals surface area contributed by atoms with E-state index in [2.05, 4.69) is 10.1 Å². The molecule has 23 heavy (non-hydrogen) atoms. The normalized spacial score (nSPS) is 11.6. The number of carbonyl (C=O) groups excluding carboxylic acids is 2. The fraction of sp³-hybridized carbons (Fsp3) is 0.176. The molecule has 2 aromatic carbocycles. The van der Waals surface area contributed by atoms with Crippen LogP contribution in [0.2, 0.25) is 5.02 Å². The number of phenolic OH excluding ortho intramolecular Hbond substituents is 1. The van der Waals surface area contributed by atoms with Gasteiger partial charge >= 0.3 is 5.97 Å². The summed E-state index contributed by atoms with van der Waals surface area (Å²) in [6.07, 6.45) is -0.0699.